The maximum atomic E-state index is 13.7. The second-order valence-corrected chi connectivity index (χ2v) is 9.00. The Kier molecular flexibility index (Phi) is 15.0. The largest absolute Gasteiger partial charge is 0.457 e. The molecule has 0 fully saturated rings. The number of rotatable bonds is 6. The van der Waals surface area contributed by atoms with Gasteiger partial charge in [-0.1, -0.05) is 60.1 Å². The molecule has 0 aliphatic rings. The van der Waals surface area contributed by atoms with Crippen molar-refractivity contribution in [3.8, 4) is 23.0 Å². The molecule has 220 valence electrons. The van der Waals surface area contributed by atoms with E-state index in [1.807, 2.05) is 60.1 Å². The summed E-state index contributed by atoms with van der Waals surface area (Å²) in [4.78, 5) is 13.4. The van der Waals surface area contributed by atoms with Gasteiger partial charge in [0.15, 0.2) is 11.6 Å². The van der Waals surface area contributed by atoms with Gasteiger partial charge in [-0.25, -0.2) is 9.97 Å². The molecule has 0 spiro atoms. The number of hydrogen-bond acceptors (Lipinski definition) is 4. The predicted molar refractivity (Wildman–Crippen MR) is 153 cm³/mol. The number of thioether (sulfide) groups is 1. The van der Waals surface area contributed by atoms with E-state index in [4.69, 9.17) is 11.6 Å². The van der Waals surface area contributed by atoms with Gasteiger partial charge in [0.25, 0.3) is 0 Å². The standard InChI is InChI=1S/C21H21ClF5N5S.3C2H6/c1-6-33-19-16(30-17(32(19)5)14-8-7-13(22)10-28-14)18-29-15(12(3)31(18)4)9-11(2)20(23,24)21(25,26)27;3*1-2/h7-10H,6H2,1-5H3;3*1-2H3/b11-9+;;;. The van der Waals surface area contributed by atoms with Gasteiger partial charge in [-0.05, 0) is 37.8 Å². The number of pyridine rings is 1. The van der Waals surface area contributed by atoms with Gasteiger partial charge in [0.1, 0.15) is 16.4 Å². The van der Waals surface area contributed by atoms with Crippen LogP contribution in [-0.2, 0) is 14.1 Å². The number of imidazole rings is 2. The SMILES string of the molecule is CC.CC.CC.CCSc1c(-c2nc(/C=C(\C)C(F)(F)C(F)(F)F)c(C)n2C)nc(-c2ccc(Cl)cn2)n1C. The van der Waals surface area contributed by atoms with E-state index in [0.29, 0.717) is 39.5 Å². The second kappa shape index (κ2) is 16.0. The first-order valence-electron chi connectivity index (χ1n) is 12.8. The van der Waals surface area contributed by atoms with Crippen LogP contribution in [-0.4, -0.2) is 41.9 Å². The minimum absolute atomic E-state index is 0.0122. The van der Waals surface area contributed by atoms with Crippen LogP contribution in [0.15, 0.2) is 28.9 Å². The Bertz CT molecular complexity index is 1200. The number of halogens is 6. The minimum atomic E-state index is -5.69. The number of aromatic nitrogens is 5. The lowest BCUT2D eigenvalue weighted by molar-refractivity contribution is -0.263. The van der Waals surface area contributed by atoms with Crippen LogP contribution in [0.2, 0.25) is 5.02 Å². The zero-order chi connectivity index (χ0) is 30.7. The molecule has 3 rings (SSSR count). The summed E-state index contributed by atoms with van der Waals surface area (Å²) in [7, 11) is 3.46. The molecule has 5 nitrogen and oxygen atoms in total. The molecular weight excluding hydrogens is 557 g/mol. The van der Waals surface area contributed by atoms with Crippen molar-refractivity contribution in [2.45, 2.75) is 79.4 Å². The van der Waals surface area contributed by atoms with Crippen molar-refractivity contribution < 1.29 is 22.0 Å². The van der Waals surface area contributed by atoms with Gasteiger partial charge < -0.3 is 9.13 Å². The summed E-state index contributed by atoms with van der Waals surface area (Å²) >= 11 is 7.42. The predicted octanol–water partition coefficient (Wildman–Crippen LogP) is 9.64. The molecule has 0 radical (unpaired) electrons. The van der Waals surface area contributed by atoms with Crippen molar-refractivity contribution in [3.63, 3.8) is 0 Å². The smallest absolute Gasteiger partial charge is 0.329 e. The third-order valence-corrected chi connectivity index (χ3v) is 6.37. The van der Waals surface area contributed by atoms with Crippen LogP contribution >= 0.6 is 23.4 Å². The summed E-state index contributed by atoms with van der Waals surface area (Å²) in [6.45, 7) is 16.3. The lowest BCUT2D eigenvalue weighted by Crippen LogP contribution is -2.37. The van der Waals surface area contributed by atoms with Crippen LogP contribution in [0.4, 0.5) is 22.0 Å². The van der Waals surface area contributed by atoms with E-state index in [1.165, 1.54) is 18.0 Å². The van der Waals surface area contributed by atoms with E-state index in [-0.39, 0.29) is 5.69 Å². The first-order valence-corrected chi connectivity index (χ1v) is 14.1. The molecule has 12 heteroatoms. The van der Waals surface area contributed by atoms with Crippen LogP contribution in [0.3, 0.4) is 0 Å². The average molecular weight is 596 g/mol. The highest BCUT2D eigenvalue weighted by atomic mass is 35.5. The van der Waals surface area contributed by atoms with Gasteiger partial charge in [0.2, 0.25) is 0 Å². The fraction of sp³-hybridized carbons (Fsp3) is 0.519. The molecule has 0 amide bonds. The van der Waals surface area contributed by atoms with Crippen LogP contribution in [0.5, 0.6) is 0 Å². The Balaban J connectivity index is 0.00000225. The fourth-order valence-electron chi connectivity index (χ4n) is 3.14. The quantitative estimate of drug-likeness (QED) is 0.210. The maximum Gasteiger partial charge on any atom is 0.457 e. The highest BCUT2D eigenvalue weighted by molar-refractivity contribution is 7.99. The second-order valence-electron chi connectivity index (χ2n) is 7.31. The lowest BCUT2D eigenvalue weighted by atomic mass is 10.1. The van der Waals surface area contributed by atoms with E-state index in [2.05, 4.69) is 15.0 Å². The van der Waals surface area contributed by atoms with Crippen molar-refractivity contribution in [2.24, 2.45) is 14.1 Å². The Morgan fingerprint density at radius 2 is 1.51 bits per heavy atom. The fourth-order valence-corrected chi connectivity index (χ4v) is 4.08. The lowest BCUT2D eigenvalue weighted by Gasteiger charge is -2.20. The summed E-state index contributed by atoms with van der Waals surface area (Å²) < 4.78 is 69.2. The summed E-state index contributed by atoms with van der Waals surface area (Å²) in [5.41, 5.74) is 0.335. The zero-order valence-electron chi connectivity index (χ0n) is 24.4. The molecule has 0 aliphatic heterocycles. The molecule has 3 aromatic heterocycles. The first-order chi connectivity index (χ1) is 18.3. The maximum absolute atomic E-state index is 13.7. The van der Waals surface area contributed by atoms with Crippen molar-refractivity contribution in [1.29, 1.82) is 0 Å². The van der Waals surface area contributed by atoms with Crippen molar-refractivity contribution in [3.05, 3.63) is 40.3 Å². The average Bonchev–Trinajstić information content (AvgIpc) is 3.38. The minimum Gasteiger partial charge on any atom is -0.329 e. The third-order valence-electron chi connectivity index (χ3n) is 5.11. The van der Waals surface area contributed by atoms with Crippen molar-refractivity contribution in [1.82, 2.24) is 24.1 Å². The van der Waals surface area contributed by atoms with Gasteiger partial charge >= 0.3 is 12.1 Å². The Morgan fingerprint density at radius 3 is 1.97 bits per heavy atom. The van der Waals surface area contributed by atoms with Crippen LogP contribution in [0, 0.1) is 6.92 Å². The topological polar surface area (TPSA) is 48.5 Å². The van der Waals surface area contributed by atoms with Gasteiger partial charge in [0.05, 0.1) is 10.7 Å². The zero-order valence-corrected chi connectivity index (χ0v) is 26.0. The molecule has 0 bridgehead atoms. The summed E-state index contributed by atoms with van der Waals surface area (Å²) in [6, 6.07) is 3.40. The van der Waals surface area contributed by atoms with Gasteiger partial charge in [-0.2, -0.15) is 22.0 Å². The molecule has 3 heterocycles. The van der Waals surface area contributed by atoms with Gasteiger partial charge in [0, 0.05) is 31.6 Å². The van der Waals surface area contributed by atoms with Crippen molar-refractivity contribution in [2.75, 3.05) is 5.75 Å². The molecule has 0 aliphatic carbocycles. The third kappa shape index (κ3) is 8.30. The van der Waals surface area contributed by atoms with Crippen LogP contribution < -0.4 is 0 Å². The normalized spacial score (nSPS) is 11.6. The van der Waals surface area contributed by atoms with Gasteiger partial charge in [-0.15, -0.1) is 11.8 Å². The van der Waals surface area contributed by atoms with Gasteiger partial charge in [-0.3, -0.25) is 4.98 Å². The number of hydrogen-bond donors (Lipinski definition) is 0. The van der Waals surface area contributed by atoms with Crippen LogP contribution in [0.1, 0.15) is 66.8 Å². The molecule has 0 N–H and O–H groups in total. The van der Waals surface area contributed by atoms with E-state index < -0.39 is 17.7 Å². The number of allylic oxidation sites excluding steroid dienone is 1. The van der Waals surface area contributed by atoms with Crippen LogP contribution in [0.25, 0.3) is 29.1 Å². The molecule has 0 saturated heterocycles. The van der Waals surface area contributed by atoms with E-state index in [0.717, 1.165) is 18.0 Å². The summed E-state index contributed by atoms with van der Waals surface area (Å²) in [5, 5.41) is 1.23. The molecule has 0 aromatic carbocycles. The van der Waals surface area contributed by atoms with E-state index >= 15 is 0 Å². The Labute approximate surface area is 237 Å². The van der Waals surface area contributed by atoms with E-state index in [1.54, 1.807) is 30.7 Å². The Morgan fingerprint density at radius 1 is 0.949 bits per heavy atom. The number of alkyl halides is 5. The molecule has 0 atom stereocenters. The van der Waals surface area contributed by atoms with E-state index in [9.17, 15) is 22.0 Å². The molecule has 0 unspecified atom stereocenters. The summed E-state index contributed by atoms with van der Waals surface area (Å²) in [5.74, 6) is -3.37. The molecule has 39 heavy (non-hydrogen) atoms. The summed E-state index contributed by atoms with van der Waals surface area (Å²) in [6.07, 6.45) is -3.43. The number of nitrogens with zero attached hydrogens (tertiary/aromatic N) is 5. The monoisotopic (exact) mass is 595 g/mol. The molecule has 0 saturated carbocycles. The highest BCUT2D eigenvalue weighted by Gasteiger charge is 2.58. The molecular formula is C27H39ClF5N5S. The highest BCUT2D eigenvalue weighted by Crippen LogP contribution is 2.42. The van der Waals surface area contributed by atoms with Crippen molar-refractivity contribution >= 4 is 29.4 Å². The molecule has 3 aromatic rings. The Hall–Kier alpha value is -2.40. The first kappa shape index (κ1) is 36.6.